The average molecular weight is 237 g/mol. The van der Waals surface area contributed by atoms with Crippen molar-refractivity contribution in [1.82, 2.24) is 5.06 Å². The summed E-state index contributed by atoms with van der Waals surface area (Å²) in [5, 5.41) is 1.68. The van der Waals surface area contributed by atoms with E-state index in [2.05, 4.69) is 0 Å². The van der Waals surface area contributed by atoms with Gasteiger partial charge in [-0.05, 0) is 33.6 Å². The summed E-state index contributed by atoms with van der Waals surface area (Å²) in [6.07, 6.45) is 2.02. The molecule has 1 atom stereocenters. The zero-order valence-corrected chi connectivity index (χ0v) is 10.5. The summed E-state index contributed by atoms with van der Waals surface area (Å²) in [7, 11) is 0. The number of piperidine rings is 1. The van der Waals surface area contributed by atoms with Crippen molar-refractivity contribution >= 4 is 18.4 Å². The lowest BCUT2D eigenvalue weighted by atomic mass is 9.98. The Balaban J connectivity index is 0.00000196. The molecule has 90 valence electrons. The van der Waals surface area contributed by atoms with Gasteiger partial charge in [0.05, 0.1) is 12.0 Å². The van der Waals surface area contributed by atoms with Gasteiger partial charge in [-0.25, -0.2) is 4.79 Å². The minimum absolute atomic E-state index is 0. The highest BCUT2D eigenvalue weighted by atomic mass is 35.5. The Bertz CT molecular complexity index is 216. The second-order valence-electron chi connectivity index (χ2n) is 4.92. The van der Waals surface area contributed by atoms with Gasteiger partial charge >= 0.3 is 5.97 Å². The summed E-state index contributed by atoms with van der Waals surface area (Å²) < 4.78 is 0. The topological polar surface area (TPSA) is 55.6 Å². The summed E-state index contributed by atoms with van der Waals surface area (Å²) in [5.41, 5.74) is 5.33. The molecule has 0 radical (unpaired) electrons. The molecular weight excluding hydrogens is 216 g/mol. The van der Waals surface area contributed by atoms with E-state index in [1.54, 1.807) is 5.06 Å². The lowest BCUT2D eigenvalue weighted by Crippen LogP contribution is -2.45. The van der Waals surface area contributed by atoms with Crippen LogP contribution >= 0.6 is 12.4 Å². The Morgan fingerprint density at radius 1 is 1.47 bits per heavy atom. The number of halogens is 1. The third-order valence-electron chi connectivity index (χ3n) is 2.24. The first-order valence-corrected chi connectivity index (χ1v) is 5.12. The van der Waals surface area contributed by atoms with E-state index in [1.807, 2.05) is 20.8 Å². The van der Waals surface area contributed by atoms with E-state index in [0.29, 0.717) is 6.54 Å². The molecule has 4 nitrogen and oxygen atoms in total. The molecule has 0 aromatic heterocycles. The van der Waals surface area contributed by atoms with Gasteiger partial charge in [0.2, 0.25) is 0 Å². The van der Waals surface area contributed by atoms with Crippen molar-refractivity contribution in [2.45, 2.75) is 39.7 Å². The Labute approximate surface area is 97.5 Å². The van der Waals surface area contributed by atoms with Crippen molar-refractivity contribution in [3.05, 3.63) is 0 Å². The fraction of sp³-hybridized carbons (Fsp3) is 0.900. The van der Waals surface area contributed by atoms with Gasteiger partial charge in [-0.15, -0.1) is 17.5 Å². The number of carbonyl (C=O) groups is 1. The van der Waals surface area contributed by atoms with Crippen LogP contribution in [0.1, 0.15) is 33.6 Å². The predicted molar refractivity (Wildman–Crippen MR) is 61.6 cm³/mol. The van der Waals surface area contributed by atoms with Crippen LogP contribution < -0.4 is 5.73 Å². The maximum atomic E-state index is 11.5. The summed E-state index contributed by atoms with van der Waals surface area (Å²) in [4.78, 5) is 16.8. The van der Waals surface area contributed by atoms with Crippen LogP contribution in [0.2, 0.25) is 0 Å². The van der Waals surface area contributed by atoms with Crippen LogP contribution in [0.15, 0.2) is 0 Å². The lowest BCUT2D eigenvalue weighted by Gasteiger charge is -2.31. The summed E-state index contributed by atoms with van der Waals surface area (Å²) >= 11 is 0. The molecule has 0 aliphatic carbocycles. The molecule has 0 bridgehead atoms. The molecule has 0 spiro atoms. The van der Waals surface area contributed by atoms with Crippen molar-refractivity contribution in [3.8, 4) is 0 Å². The predicted octanol–water partition coefficient (Wildman–Crippen LogP) is 1.34. The first-order chi connectivity index (χ1) is 6.39. The van der Waals surface area contributed by atoms with Crippen LogP contribution in [-0.4, -0.2) is 30.2 Å². The van der Waals surface area contributed by atoms with Crippen LogP contribution in [0.25, 0.3) is 0 Å². The van der Waals surface area contributed by atoms with Gasteiger partial charge in [0.15, 0.2) is 0 Å². The van der Waals surface area contributed by atoms with Crippen molar-refractivity contribution in [2.75, 3.05) is 13.1 Å². The molecule has 1 heterocycles. The number of nitrogens with two attached hydrogens (primary N) is 1. The van der Waals surface area contributed by atoms with Gasteiger partial charge in [0.25, 0.3) is 0 Å². The molecular formula is C10H21ClN2O2. The van der Waals surface area contributed by atoms with Crippen molar-refractivity contribution in [3.63, 3.8) is 0 Å². The fourth-order valence-electron chi connectivity index (χ4n) is 1.31. The van der Waals surface area contributed by atoms with E-state index in [-0.39, 0.29) is 24.4 Å². The van der Waals surface area contributed by atoms with E-state index >= 15 is 0 Å². The minimum Gasteiger partial charge on any atom is -0.367 e. The quantitative estimate of drug-likeness (QED) is 0.747. The smallest absolute Gasteiger partial charge is 0.330 e. The maximum absolute atomic E-state index is 11.5. The number of nitrogens with zero attached hydrogens (tertiary/aromatic N) is 1. The SMILES string of the molecule is CC(C)(C)C(=O)ON1CCCC(N)C1.Cl. The molecule has 0 aromatic carbocycles. The number of carbonyl (C=O) groups excluding carboxylic acids is 1. The molecule has 1 rings (SSSR count). The molecule has 2 N–H and O–H groups in total. The van der Waals surface area contributed by atoms with E-state index in [1.165, 1.54) is 0 Å². The molecule has 0 aromatic rings. The second kappa shape index (κ2) is 5.68. The summed E-state index contributed by atoms with van der Waals surface area (Å²) in [6, 6.07) is 0.136. The standard InChI is InChI=1S/C10H20N2O2.ClH/c1-10(2,3)9(13)14-12-6-4-5-8(11)7-12;/h8H,4-7,11H2,1-3H3;1H. The van der Waals surface area contributed by atoms with E-state index in [9.17, 15) is 4.79 Å². The monoisotopic (exact) mass is 236 g/mol. The normalized spacial score (nSPS) is 23.1. The molecule has 15 heavy (non-hydrogen) atoms. The maximum Gasteiger partial charge on any atom is 0.330 e. The Morgan fingerprint density at radius 2 is 2.07 bits per heavy atom. The van der Waals surface area contributed by atoms with Crippen molar-refractivity contribution in [2.24, 2.45) is 11.1 Å². The molecule has 0 saturated carbocycles. The molecule has 1 saturated heterocycles. The zero-order valence-electron chi connectivity index (χ0n) is 9.66. The van der Waals surface area contributed by atoms with Gasteiger partial charge in [-0.3, -0.25) is 0 Å². The Hall–Kier alpha value is -0.320. The third kappa shape index (κ3) is 4.82. The van der Waals surface area contributed by atoms with E-state index < -0.39 is 5.41 Å². The molecule has 5 heteroatoms. The number of hydroxylamine groups is 2. The van der Waals surface area contributed by atoms with Gasteiger partial charge in [0, 0.05) is 12.6 Å². The molecule has 1 aliphatic heterocycles. The molecule has 0 amide bonds. The summed E-state index contributed by atoms with van der Waals surface area (Å²) in [5.74, 6) is -0.188. The van der Waals surface area contributed by atoms with Crippen LogP contribution in [0.4, 0.5) is 0 Å². The lowest BCUT2D eigenvalue weighted by molar-refractivity contribution is -0.204. The highest BCUT2D eigenvalue weighted by molar-refractivity contribution is 5.85. The molecule has 1 aliphatic rings. The number of hydrogen-bond acceptors (Lipinski definition) is 4. The van der Waals surface area contributed by atoms with Crippen LogP contribution in [0.5, 0.6) is 0 Å². The van der Waals surface area contributed by atoms with E-state index in [4.69, 9.17) is 10.6 Å². The van der Waals surface area contributed by atoms with Gasteiger partial charge in [0.1, 0.15) is 0 Å². The minimum atomic E-state index is -0.443. The molecule has 1 unspecified atom stereocenters. The van der Waals surface area contributed by atoms with Crippen LogP contribution in [0, 0.1) is 5.41 Å². The largest absolute Gasteiger partial charge is 0.367 e. The van der Waals surface area contributed by atoms with Gasteiger partial charge in [-0.1, -0.05) is 0 Å². The highest BCUT2D eigenvalue weighted by Gasteiger charge is 2.27. The highest BCUT2D eigenvalue weighted by Crippen LogP contribution is 2.17. The fourth-order valence-corrected chi connectivity index (χ4v) is 1.31. The summed E-state index contributed by atoms with van der Waals surface area (Å²) in [6.45, 7) is 7.00. The molecule has 1 fully saturated rings. The Morgan fingerprint density at radius 3 is 2.53 bits per heavy atom. The van der Waals surface area contributed by atoms with Gasteiger partial charge < -0.3 is 10.6 Å². The van der Waals surface area contributed by atoms with Crippen LogP contribution in [0.3, 0.4) is 0 Å². The average Bonchev–Trinajstić information content (AvgIpc) is 2.02. The first kappa shape index (κ1) is 14.7. The van der Waals surface area contributed by atoms with Crippen LogP contribution in [-0.2, 0) is 9.63 Å². The Kier molecular flexibility index (Phi) is 5.56. The zero-order chi connectivity index (χ0) is 10.8. The first-order valence-electron chi connectivity index (χ1n) is 5.12. The number of hydrogen-bond donors (Lipinski definition) is 1. The van der Waals surface area contributed by atoms with Gasteiger partial charge in [-0.2, -0.15) is 0 Å². The second-order valence-corrected chi connectivity index (χ2v) is 4.92. The van der Waals surface area contributed by atoms with Crippen molar-refractivity contribution in [1.29, 1.82) is 0 Å². The van der Waals surface area contributed by atoms with E-state index in [0.717, 1.165) is 19.4 Å². The third-order valence-corrected chi connectivity index (χ3v) is 2.24. The number of rotatable bonds is 1. The van der Waals surface area contributed by atoms with Crippen molar-refractivity contribution < 1.29 is 9.63 Å².